The third kappa shape index (κ3) is 2.67. The number of hydrogen-bond donors (Lipinski definition) is 1. The van der Waals surface area contributed by atoms with Crippen molar-refractivity contribution in [2.45, 2.75) is 5.75 Å². The lowest BCUT2D eigenvalue weighted by molar-refractivity contribution is 0.482. The summed E-state index contributed by atoms with van der Waals surface area (Å²) in [5, 5.41) is 0. The largest absolute Gasteiger partial charge is 0.285 e. The highest BCUT2D eigenvalue weighted by Crippen LogP contribution is 2.00. The second-order valence-corrected chi connectivity index (χ2v) is 3.88. The van der Waals surface area contributed by atoms with E-state index in [1.165, 1.54) is 0 Å². The van der Waals surface area contributed by atoms with Gasteiger partial charge >= 0.3 is 0 Å². The standard InChI is InChI=1S/C7H7BO3S/c8-7-4-2-1-3-6(7)5-12(9,10)11/h1-4H,5H2,(H,9,10,11). The zero-order valence-corrected chi connectivity index (χ0v) is 7.08. The summed E-state index contributed by atoms with van der Waals surface area (Å²) in [4.78, 5) is 0. The summed E-state index contributed by atoms with van der Waals surface area (Å²) in [5.74, 6) is -0.431. The first-order valence-electron chi connectivity index (χ1n) is 3.27. The van der Waals surface area contributed by atoms with Crippen LogP contribution in [-0.2, 0) is 15.9 Å². The van der Waals surface area contributed by atoms with Crippen LogP contribution in [0.25, 0.3) is 0 Å². The lowest BCUT2D eigenvalue weighted by atomic mass is 9.92. The normalized spacial score (nSPS) is 11.4. The van der Waals surface area contributed by atoms with Gasteiger partial charge in [0.1, 0.15) is 7.85 Å². The number of hydrogen-bond acceptors (Lipinski definition) is 2. The minimum absolute atomic E-state index is 0.370. The summed E-state index contributed by atoms with van der Waals surface area (Å²) in [7, 11) is 1.47. The molecule has 1 N–H and O–H groups in total. The first kappa shape index (κ1) is 9.28. The van der Waals surface area contributed by atoms with Crippen LogP contribution in [-0.4, -0.2) is 20.8 Å². The molecule has 12 heavy (non-hydrogen) atoms. The van der Waals surface area contributed by atoms with E-state index in [1.54, 1.807) is 24.3 Å². The second-order valence-electron chi connectivity index (χ2n) is 2.43. The quantitative estimate of drug-likeness (QED) is 0.511. The van der Waals surface area contributed by atoms with Crippen molar-refractivity contribution in [2.75, 3.05) is 0 Å². The van der Waals surface area contributed by atoms with Crippen LogP contribution in [0.4, 0.5) is 0 Å². The van der Waals surface area contributed by atoms with Gasteiger partial charge in [0.05, 0.1) is 5.75 Å². The predicted molar refractivity (Wildman–Crippen MR) is 47.1 cm³/mol. The first-order valence-corrected chi connectivity index (χ1v) is 4.88. The SMILES string of the molecule is [B]c1ccccc1CS(=O)(=O)O. The third-order valence-electron chi connectivity index (χ3n) is 1.39. The fraction of sp³-hybridized carbons (Fsp3) is 0.143. The van der Waals surface area contributed by atoms with Crippen LogP contribution in [0.1, 0.15) is 5.56 Å². The van der Waals surface area contributed by atoms with Gasteiger partial charge in [-0.3, -0.25) is 4.55 Å². The second kappa shape index (κ2) is 3.29. The Morgan fingerprint density at radius 2 is 1.92 bits per heavy atom. The van der Waals surface area contributed by atoms with Crippen LogP contribution in [0.15, 0.2) is 24.3 Å². The maximum atomic E-state index is 10.5. The average Bonchev–Trinajstić information content (AvgIpc) is 1.91. The van der Waals surface area contributed by atoms with Crippen molar-refractivity contribution in [2.24, 2.45) is 0 Å². The molecule has 0 saturated carbocycles. The summed E-state index contributed by atoms with van der Waals surface area (Å²) in [6.45, 7) is 0. The van der Waals surface area contributed by atoms with E-state index in [0.29, 0.717) is 11.0 Å². The molecule has 0 bridgehead atoms. The molecule has 0 aliphatic heterocycles. The highest BCUT2D eigenvalue weighted by atomic mass is 32.2. The van der Waals surface area contributed by atoms with E-state index in [0.717, 1.165) is 0 Å². The van der Waals surface area contributed by atoms with Gasteiger partial charge in [-0.25, -0.2) is 0 Å². The van der Waals surface area contributed by atoms with Crippen molar-refractivity contribution in [3.8, 4) is 0 Å². The van der Waals surface area contributed by atoms with Gasteiger partial charge in [0.15, 0.2) is 0 Å². The Bertz CT molecular complexity index is 372. The molecule has 1 aromatic rings. The van der Waals surface area contributed by atoms with Crippen LogP contribution >= 0.6 is 0 Å². The molecule has 3 nitrogen and oxygen atoms in total. The molecule has 0 heterocycles. The molecule has 2 radical (unpaired) electrons. The molecule has 62 valence electrons. The summed E-state index contributed by atoms with van der Waals surface area (Å²) in [6.07, 6.45) is 0. The van der Waals surface area contributed by atoms with Crippen molar-refractivity contribution in [3.05, 3.63) is 29.8 Å². The minimum atomic E-state index is -3.98. The molecule has 0 fully saturated rings. The molecule has 0 atom stereocenters. The van der Waals surface area contributed by atoms with Gasteiger partial charge < -0.3 is 0 Å². The Hall–Kier alpha value is -0.805. The van der Waals surface area contributed by atoms with Crippen molar-refractivity contribution < 1.29 is 13.0 Å². The monoisotopic (exact) mass is 182 g/mol. The lowest BCUT2D eigenvalue weighted by Gasteiger charge is -2.01. The topological polar surface area (TPSA) is 54.4 Å². The van der Waals surface area contributed by atoms with Gasteiger partial charge in [0.2, 0.25) is 0 Å². The van der Waals surface area contributed by atoms with Gasteiger partial charge in [-0.1, -0.05) is 29.7 Å². The molecule has 0 spiro atoms. The van der Waals surface area contributed by atoms with Crippen molar-refractivity contribution >= 4 is 23.4 Å². The van der Waals surface area contributed by atoms with Gasteiger partial charge in [-0.05, 0) is 5.56 Å². The maximum Gasteiger partial charge on any atom is 0.269 e. The Balaban J connectivity index is 2.98. The van der Waals surface area contributed by atoms with Crippen molar-refractivity contribution in [3.63, 3.8) is 0 Å². The van der Waals surface area contributed by atoms with Crippen molar-refractivity contribution in [1.29, 1.82) is 0 Å². The van der Waals surface area contributed by atoms with Gasteiger partial charge in [-0.15, -0.1) is 0 Å². The smallest absolute Gasteiger partial charge is 0.269 e. The van der Waals surface area contributed by atoms with Crippen molar-refractivity contribution in [1.82, 2.24) is 0 Å². The predicted octanol–water partition coefficient (Wildman–Crippen LogP) is -0.132. The highest BCUT2D eigenvalue weighted by Gasteiger charge is 2.07. The minimum Gasteiger partial charge on any atom is -0.285 e. The maximum absolute atomic E-state index is 10.5. The summed E-state index contributed by atoms with van der Waals surface area (Å²) >= 11 is 0. The van der Waals surface area contributed by atoms with E-state index >= 15 is 0 Å². The van der Waals surface area contributed by atoms with E-state index < -0.39 is 15.9 Å². The Labute approximate surface area is 72.6 Å². The zero-order chi connectivity index (χ0) is 9.19. The Morgan fingerprint density at radius 1 is 1.33 bits per heavy atom. The van der Waals surface area contributed by atoms with Crippen LogP contribution in [0.5, 0.6) is 0 Å². The van der Waals surface area contributed by atoms with Crippen LogP contribution in [0.3, 0.4) is 0 Å². The number of benzene rings is 1. The molecule has 0 aliphatic carbocycles. The highest BCUT2D eigenvalue weighted by molar-refractivity contribution is 7.85. The molecule has 1 rings (SSSR count). The Kier molecular flexibility index (Phi) is 2.54. The number of rotatable bonds is 2. The van der Waals surface area contributed by atoms with E-state index in [4.69, 9.17) is 12.4 Å². The average molecular weight is 182 g/mol. The summed E-state index contributed by atoms with van der Waals surface area (Å²) in [6, 6.07) is 6.50. The first-order chi connectivity index (χ1) is 5.49. The van der Waals surface area contributed by atoms with E-state index in [9.17, 15) is 8.42 Å². The van der Waals surface area contributed by atoms with Gasteiger partial charge in [0.25, 0.3) is 10.1 Å². The van der Waals surface area contributed by atoms with Crippen LogP contribution in [0, 0.1) is 0 Å². The molecule has 0 aliphatic rings. The van der Waals surface area contributed by atoms with Gasteiger partial charge in [0, 0.05) is 0 Å². The molecule has 0 aromatic heterocycles. The molecular weight excluding hydrogens is 175 g/mol. The zero-order valence-electron chi connectivity index (χ0n) is 6.27. The van der Waals surface area contributed by atoms with E-state index in [1.807, 2.05) is 0 Å². The van der Waals surface area contributed by atoms with Gasteiger partial charge in [-0.2, -0.15) is 8.42 Å². The third-order valence-corrected chi connectivity index (χ3v) is 2.07. The molecule has 1 aromatic carbocycles. The lowest BCUT2D eigenvalue weighted by Crippen LogP contribution is -2.13. The van der Waals surface area contributed by atoms with Crippen LogP contribution < -0.4 is 5.46 Å². The van der Waals surface area contributed by atoms with E-state index in [2.05, 4.69) is 0 Å². The molecule has 0 saturated heterocycles. The fourth-order valence-corrected chi connectivity index (χ4v) is 1.52. The Morgan fingerprint density at radius 3 is 2.42 bits per heavy atom. The van der Waals surface area contributed by atoms with E-state index in [-0.39, 0.29) is 0 Å². The fourth-order valence-electron chi connectivity index (χ4n) is 0.862. The summed E-state index contributed by atoms with van der Waals surface area (Å²) < 4.78 is 29.4. The molecule has 5 heteroatoms. The van der Waals surface area contributed by atoms with Crippen LogP contribution in [0.2, 0.25) is 0 Å². The summed E-state index contributed by atoms with van der Waals surface area (Å²) in [5.41, 5.74) is 0.787. The molecule has 0 unspecified atom stereocenters. The molecule has 0 amide bonds. The molecular formula is C7H7BO3S.